The van der Waals surface area contributed by atoms with Crippen molar-refractivity contribution in [3.63, 3.8) is 0 Å². The predicted octanol–water partition coefficient (Wildman–Crippen LogP) is 2.58. The average Bonchev–Trinajstić information content (AvgIpc) is 2.92. The van der Waals surface area contributed by atoms with Gasteiger partial charge in [-0.3, -0.25) is 0 Å². The smallest absolute Gasteiger partial charge is 0.237 e. The highest BCUT2D eigenvalue weighted by Gasteiger charge is 2.25. The van der Waals surface area contributed by atoms with E-state index in [2.05, 4.69) is 10.3 Å². The van der Waals surface area contributed by atoms with Crippen LogP contribution in [-0.2, 0) is 0 Å². The van der Waals surface area contributed by atoms with E-state index in [1.54, 1.807) is 0 Å². The molecular weight excluding hydrogens is 195 g/mol. The van der Waals surface area contributed by atoms with Gasteiger partial charge >= 0.3 is 0 Å². The summed E-state index contributed by atoms with van der Waals surface area (Å²) < 4.78 is 18.6. The van der Waals surface area contributed by atoms with Crippen LogP contribution in [0.4, 0.5) is 10.1 Å². The summed E-state index contributed by atoms with van der Waals surface area (Å²) >= 11 is 0. The quantitative estimate of drug-likeness (QED) is 0.829. The Morgan fingerprint density at radius 3 is 2.87 bits per heavy atom. The van der Waals surface area contributed by atoms with E-state index in [9.17, 15) is 4.39 Å². The van der Waals surface area contributed by atoms with Crippen molar-refractivity contribution in [2.45, 2.75) is 38.8 Å². The lowest BCUT2D eigenvalue weighted by Crippen LogP contribution is -2.12. The lowest BCUT2D eigenvalue weighted by atomic mass is 10.3. The molecule has 0 amide bonds. The zero-order chi connectivity index (χ0) is 10.8. The van der Waals surface area contributed by atoms with Crippen molar-refractivity contribution in [2.24, 2.45) is 0 Å². The summed E-state index contributed by atoms with van der Waals surface area (Å²) in [6.45, 7) is 3.98. The molecule has 1 aromatic rings. The molecule has 1 aliphatic rings. The summed E-state index contributed by atoms with van der Waals surface area (Å²) in [6.07, 6.45) is 3.60. The third kappa shape index (κ3) is 2.81. The highest BCUT2D eigenvalue weighted by Crippen LogP contribution is 2.30. The van der Waals surface area contributed by atoms with E-state index in [4.69, 9.17) is 4.74 Å². The van der Waals surface area contributed by atoms with Crippen molar-refractivity contribution in [1.82, 2.24) is 4.98 Å². The zero-order valence-corrected chi connectivity index (χ0v) is 8.96. The van der Waals surface area contributed by atoms with Gasteiger partial charge in [0.2, 0.25) is 5.88 Å². The number of hydrogen-bond donors (Lipinski definition) is 1. The number of pyridine rings is 1. The number of hydrogen-bond acceptors (Lipinski definition) is 3. The Labute approximate surface area is 88.7 Å². The fourth-order valence-corrected chi connectivity index (χ4v) is 1.28. The summed E-state index contributed by atoms with van der Waals surface area (Å²) in [6, 6.07) is 1.65. The second-order valence-corrected chi connectivity index (χ2v) is 4.12. The Morgan fingerprint density at radius 2 is 2.27 bits per heavy atom. The normalized spacial score (nSPS) is 15.5. The molecule has 1 N–H and O–H groups in total. The number of anilines is 1. The largest absolute Gasteiger partial charge is 0.473 e. The van der Waals surface area contributed by atoms with Crippen LogP contribution in [0.1, 0.15) is 26.7 Å². The maximum absolute atomic E-state index is 13.0. The summed E-state index contributed by atoms with van der Waals surface area (Å²) in [7, 11) is 0. The molecule has 1 aromatic heterocycles. The molecule has 0 radical (unpaired) electrons. The van der Waals surface area contributed by atoms with Gasteiger partial charge in [0.1, 0.15) is 17.6 Å². The fraction of sp³-hybridized carbons (Fsp3) is 0.545. The monoisotopic (exact) mass is 210 g/mol. The molecule has 0 aromatic carbocycles. The standard InChI is InChI=1S/C11H15FN2O/c1-7(2)14-10-5-8(12)6-13-11(10)15-9-3-4-9/h5-7,9,14H,3-4H2,1-2H3. The van der Waals surface area contributed by atoms with Crippen LogP contribution >= 0.6 is 0 Å². The first kappa shape index (κ1) is 10.2. The van der Waals surface area contributed by atoms with Crippen LogP contribution in [0.15, 0.2) is 12.3 Å². The van der Waals surface area contributed by atoms with Crippen molar-refractivity contribution in [2.75, 3.05) is 5.32 Å². The van der Waals surface area contributed by atoms with Gasteiger partial charge in [0.05, 0.1) is 6.20 Å². The highest BCUT2D eigenvalue weighted by molar-refractivity contribution is 5.53. The Bertz CT molecular complexity index is 350. The molecule has 15 heavy (non-hydrogen) atoms. The fourth-order valence-electron chi connectivity index (χ4n) is 1.28. The van der Waals surface area contributed by atoms with Crippen LogP contribution in [-0.4, -0.2) is 17.1 Å². The minimum atomic E-state index is -0.346. The molecule has 0 aliphatic heterocycles. The van der Waals surface area contributed by atoms with Crippen molar-refractivity contribution in [3.8, 4) is 5.88 Å². The molecule has 1 aliphatic carbocycles. The second kappa shape index (κ2) is 4.04. The third-order valence-electron chi connectivity index (χ3n) is 2.06. The van der Waals surface area contributed by atoms with Gasteiger partial charge in [0.15, 0.2) is 0 Å². The number of aromatic nitrogens is 1. The Balaban J connectivity index is 2.17. The number of halogens is 1. The van der Waals surface area contributed by atoms with Gasteiger partial charge in [0, 0.05) is 12.1 Å². The van der Waals surface area contributed by atoms with Crippen molar-refractivity contribution < 1.29 is 9.13 Å². The van der Waals surface area contributed by atoms with E-state index in [1.165, 1.54) is 12.3 Å². The van der Waals surface area contributed by atoms with Crippen molar-refractivity contribution in [1.29, 1.82) is 0 Å². The van der Waals surface area contributed by atoms with Gasteiger partial charge in [-0.25, -0.2) is 9.37 Å². The lowest BCUT2D eigenvalue weighted by Gasteiger charge is -2.14. The SMILES string of the molecule is CC(C)Nc1cc(F)cnc1OC1CC1. The van der Waals surface area contributed by atoms with Gasteiger partial charge in [-0.1, -0.05) is 0 Å². The number of ether oxygens (including phenoxy) is 1. The average molecular weight is 210 g/mol. The number of nitrogens with one attached hydrogen (secondary N) is 1. The van der Waals surface area contributed by atoms with Crippen LogP contribution in [0, 0.1) is 5.82 Å². The minimum absolute atomic E-state index is 0.232. The van der Waals surface area contributed by atoms with Crippen LogP contribution in [0.2, 0.25) is 0 Å². The second-order valence-electron chi connectivity index (χ2n) is 4.12. The Kier molecular flexibility index (Phi) is 2.75. The zero-order valence-electron chi connectivity index (χ0n) is 8.96. The lowest BCUT2D eigenvalue weighted by molar-refractivity contribution is 0.291. The van der Waals surface area contributed by atoms with E-state index in [-0.39, 0.29) is 18.0 Å². The van der Waals surface area contributed by atoms with E-state index in [0.717, 1.165) is 12.8 Å². The van der Waals surface area contributed by atoms with Crippen LogP contribution in [0.25, 0.3) is 0 Å². The summed E-state index contributed by atoms with van der Waals surface area (Å²) in [5.41, 5.74) is 0.636. The number of nitrogens with zero attached hydrogens (tertiary/aromatic N) is 1. The molecule has 82 valence electrons. The number of rotatable bonds is 4. The molecule has 4 heteroatoms. The molecule has 0 atom stereocenters. The first-order valence-corrected chi connectivity index (χ1v) is 5.24. The minimum Gasteiger partial charge on any atom is -0.473 e. The van der Waals surface area contributed by atoms with Crippen molar-refractivity contribution in [3.05, 3.63) is 18.1 Å². The van der Waals surface area contributed by atoms with Crippen LogP contribution < -0.4 is 10.1 Å². The van der Waals surface area contributed by atoms with Gasteiger partial charge in [-0.2, -0.15) is 0 Å². The molecule has 1 heterocycles. The Hall–Kier alpha value is -1.32. The van der Waals surface area contributed by atoms with Gasteiger partial charge in [-0.15, -0.1) is 0 Å². The van der Waals surface area contributed by atoms with Crippen LogP contribution in [0.3, 0.4) is 0 Å². The molecule has 0 unspecified atom stereocenters. The topological polar surface area (TPSA) is 34.2 Å². The van der Waals surface area contributed by atoms with E-state index >= 15 is 0 Å². The third-order valence-corrected chi connectivity index (χ3v) is 2.06. The first-order chi connectivity index (χ1) is 7.15. The maximum atomic E-state index is 13.0. The molecule has 0 spiro atoms. The molecular formula is C11H15FN2O. The Morgan fingerprint density at radius 1 is 1.53 bits per heavy atom. The predicted molar refractivity (Wildman–Crippen MR) is 56.6 cm³/mol. The molecule has 1 fully saturated rings. The van der Waals surface area contributed by atoms with E-state index in [0.29, 0.717) is 11.6 Å². The molecule has 3 nitrogen and oxygen atoms in total. The molecule has 0 saturated heterocycles. The van der Waals surface area contributed by atoms with Gasteiger partial charge < -0.3 is 10.1 Å². The van der Waals surface area contributed by atoms with Gasteiger partial charge in [0.25, 0.3) is 0 Å². The van der Waals surface area contributed by atoms with Gasteiger partial charge in [-0.05, 0) is 26.7 Å². The van der Waals surface area contributed by atoms with E-state index in [1.807, 2.05) is 13.8 Å². The molecule has 2 rings (SSSR count). The maximum Gasteiger partial charge on any atom is 0.237 e. The molecule has 1 saturated carbocycles. The van der Waals surface area contributed by atoms with E-state index < -0.39 is 0 Å². The first-order valence-electron chi connectivity index (χ1n) is 5.24. The summed E-state index contributed by atoms with van der Waals surface area (Å²) in [5.74, 6) is 0.161. The highest BCUT2D eigenvalue weighted by atomic mass is 19.1. The van der Waals surface area contributed by atoms with Crippen molar-refractivity contribution >= 4 is 5.69 Å². The van der Waals surface area contributed by atoms with Crippen LogP contribution in [0.5, 0.6) is 5.88 Å². The summed E-state index contributed by atoms with van der Waals surface area (Å²) in [4.78, 5) is 3.95. The summed E-state index contributed by atoms with van der Waals surface area (Å²) in [5, 5.41) is 3.12. The molecule has 0 bridgehead atoms.